The maximum absolute atomic E-state index is 4.57. The molecule has 19 heavy (non-hydrogen) atoms. The van der Waals surface area contributed by atoms with Crippen LogP contribution in [-0.2, 0) is 6.54 Å². The van der Waals surface area contributed by atoms with E-state index in [9.17, 15) is 0 Å². The predicted molar refractivity (Wildman–Crippen MR) is 80.1 cm³/mol. The van der Waals surface area contributed by atoms with Crippen LogP contribution in [-0.4, -0.2) is 36.6 Å². The summed E-state index contributed by atoms with van der Waals surface area (Å²) in [7, 11) is 4.30. The van der Waals surface area contributed by atoms with Crippen LogP contribution in [0.1, 0.15) is 37.1 Å². The highest BCUT2D eigenvalue weighted by molar-refractivity contribution is 5.09. The second kappa shape index (κ2) is 7.01. The van der Waals surface area contributed by atoms with Gasteiger partial charge in [0.1, 0.15) is 0 Å². The van der Waals surface area contributed by atoms with Gasteiger partial charge >= 0.3 is 0 Å². The van der Waals surface area contributed by atoms with Gasteiger partial charge in [-0.15, -0.1) is 0 Å². The van der Waals surface area contributed by atoms with Crippen molar-refractivity contribution in [3.05, 3.63) is 29.6 Å². The number of nitrogens with zero attached hydrogens (tertiary/aromatic N) is 2. The highest BCUT2D eigenvalue weighted by Crippen LogP contribution is 2.28. The molecule has 0 spiro atoms. The highest BCUT2D eigenvalue weighted by atomic mass is 15.1. The number of hydrogen-bond donors (Lipinski definition) is 1. The molecule has 0 aliphatic heterocycles. The Morgan fingerprint density at radius 3 is 2.95 bits per heavy atom. The number of hydrogen-bond acceptors (Lipinski definition) is 3. The van der Waals surface area contributed by atoms with Gasteiger partial charge < -0.3 is 10.2 Å². The highest BCUT2D eigenvalue weighted by Gasteiger charge is 2.25. The maximum Gasteiger partial charge on any atom is 0.0547 e. The Balaban J connectivity index is 1.77. The van der Waals surface area contributed by atoms with Crippen molar-refractivity contribution in [2.75, 3.05) is 20.6 Å². The van der Waals surface area contributed by atoms with Crippen LogP contribution in [0.5, 0.6) is 0 Å². The summed E-state index contributed by atoms with van der Waals surface area (Å²) < 4.78 is 0. The molecule has 2 unspecified atom stereocenters. The lowest BCUT2D eigenvalue weighted by Gasteiger charge is -2.22. The van der Waals surface area contributed by atoms with Gasteiger partial charge in [-0.1, -0.05) is 12.5 Å². The molecule has 1 aromatic rings. The average Bonchev–Trinajstić information content (AvgIpc) is 2.83. The first kappa shape index (κ1) is 14.5. The first-order valence-corrected chi connectivity index (χ1v) is 7.47. The Bertz CT molecular complexity index is 391. The second-order valence-electron chi connectivity index (χ2n) is 5.88. The van der Waals surface area contributed by atoms with Gasteiger partial charge in [-0.2, -0.15) is 0 Å². The van der Waals surface area contributed by atoms with Gasteiger partial charge in [0, 0.05) is 18.3 Å². The van der Waals surface area contributed by atoms with E-state index < -0.39 is 0 Å². The molecule has 0 bridgehead atoms. The molecular formula is C16H27N3. The molecule has 2 atom stereocenters. The fourth-order valence-corrected chi connectivity index (χ4v) is 3.19. The van der Waals surface area contributed by atoms with E-state index in [1.54, 1.807) is 0 Å². The molecule has 1 aromatic heterocycles. The summed E-state index contributed by atoms with van der Waals surface area (Å²) in [4.78, 5) is 6.97. The molecule has 0 aromatic carbocycles. The zero-order chi connectivity index (χ0) is 13.7. The van der Waals surface area contributed by atoms with E-state index in [1.165, 1.54) is 37.9 Å². The zero-order valence-corrected chi connectivity index (χ0v) is 12.5. The SMILES string of the molecule is CNC1CCCC1CCN(C)Cc1cccc(C)n1. The smallest absolute Gasteiger partial charge is 0.0547 e. The van der Waals surface area contributed by atoms with Gasteiger partial charge in [-0.25, -0.2) is 0 Å². The van der Waals surface area contributed by atoms with Crippen LogP contribution in [0, 0.1) is 12.8 Å². The molecule has 0 radical (unpaired) electrons. The monoisotopic (exact) mass is 261 g/mol. The van der Waals surface area contributed by atoms with Crippen molar-refractivity contribution in [2.45, 2.75) is 45.2 Å². The van der Waals surface area contributed by atoms with Gasteiger partial charge in [0.05, 0.1) is 5.69 Å². The Morgan fingerprint density at radius 1 is 1.37 bits per heavy atom. The molecule has 1 heterocycles. The number of pyridine rings is 1. The van der Waals surface area contributed by atoms with Crippen molar-refractivity contribution in [3.8, 4) is 0 Å². The van der Waals surface area contributed by atoms with E-state index in [2.05, 4.69) is 54.4 Å². The molecule has 106 valence electrons. The van der Waals surface area contributed by atoms with E-state index in [1.807, 2.05) is 0 Å². The van der Waals surface area contributed by atoms with Crippen LogP contribution in [0.25, 0.3) is 0 Å². The van der Waals surface area contributed by atoms with Crippen LogP contribution in [0.2, 0.25) is 0 Å². The molecule has 0 saturated heterocycles. The molecule has 2 rings (SSSR count). The molecule has 0 amide bonds. The molecule has 1 N–H and O–H groups in total. The zero-order valence-electron chi connectivity index (χ0n) is 12.5. The topological polar surface area (TPSA) is 28.2 Å². The van der Waals surface area contributed by atoms with Gasteiger partial charge in [0.25, 0.3) is 0 Å². The van der Waals surface area contributed by atoms with Crippen LogP contribution >= 0.6 is 0 Å². The van der Waals surface area contributed by atoms with Crippen LogP contribution in [0.3, 0.4) is 0 Å². The van der Waals surface area contributed by atoms with E-state index in [0.29, 0.717) is 0 Å². The Hall–Kier alpha value is -0.930. The van der Waals surface area contributed by atoms with E-state index in [-0.39, 0.29) is 0 Å². The lowest BCUT2D eigenvalue weighted by Crippen LogP contribution is -2.31. The third-order valence-corrected chi connectivity index (χ3v) is 4.29. The van der Waals surface area contributed by atoms with Crippen molar-refractivity contribution in [1.82, 2.24) is 15.2 Å². The van der Waals surface area contributed by atoms with Crippen molar-refractivity contribution in [3.63, 3.8) is 0 Å². The first-order valence-electron chi connectivity index (χ1n) is 7.47. The quantitative estimate of drug-likeness (QED) is 0.853. The Labute approximate surface area is 117 Å². The lowest BCUT2D eigenvalue weighted by atomic mass is 9.99. The molecule has 3 nitrogen and oxygen atoms in total. The van der Waals surface area contributed by atoms with E-state index in [0.717, 1.165) is 24.2 Å². The summed E-state index contributed by atoms with van der Waals surface area (Å²) in [6.45, 7) is 4.18. The minimum Gasteiger partial charge on any atom is -0.317 e. The standard InChI is InChI=1S/C16H27N3/c1-13-6-4-8-15(18-13)12-19(3)11-10-14-7-5-9-16(14)17-2/h4,6,8,14,16-17H,5,7,9-12H2,1-3H3. The number of rotatable bonds is 6. The maximum atomic E-state index is 4.57. The molecule has 1 fully saturated rings. The largest absolute Gasteiger partial charge is 0.317 e. The van der Waals surface area contributed by atoms with Gasteiger partial charge in [0.15, 0.2) is 0 Å². The number of nitrogens with one attached hydrogen (secondary N) is 1. The molecule has 1 aliphatic rings. The van der Waals surface area contributed by atoms with Crippen molar-refractivity contribution >= 4 is 0 Å². The van der Waals surface area contributed by atoms with Crippen molar-refractivity contribution in [2.24, 2.45) is 5.92 Å². The molecular weight excluding hydrogens is 234 g/mol. The minimum absolute atomic E-state index is 0.741. The van der Waals surface area contributed by atoms with E-state index >= 15 is 0 Å². The van der Waals surface area contributed by atoms with Crippen LogP contribution < -0.4 is 5.32 Å². The molecule has 1 aliphatic carbocycles. The fourth-order valence-electron chi connectivity index (χ4n) is 3.19. The predicted octanol–water partition coefficient (Wildman–Crippen LogP) is 2.60. The first-order chi connectivity index (χ1) is 9.19. The van der Waals surface area contributed by atoms with Gasteiger partial charge in [0.2, 0.25) is 0 Å². The Kier molecular flexibility index (Phi) is 5.34. The van der Waals surface area contributed by atoms with Crippen molar-refractivity contribution < 1.29 is 0 Å². The van der Waals surface area contributed by atoms with Crippen LogP contribution in [0.15, 0.2) is 18.2 Å². The summed E-state index contributed by atoms with van der Waals surface area (Å²) in [6, 6.07) is 7.01. The number of aryl methyl sites for hydroxylation is 1. The lowest BCUT2D eigenvalue weighted by molar-refractivity contribution is 0.276. The summed E-state index contributed by atoms with van der Waals surface area (Å²) in [5, 5.41) is 3.46. The van der Waals surface area contributed by atoms with Gasteiger partial charge in [-0.05, 0) is 64.9 Å². The van der Waals surface area contributed by atoms with Crippen molar-refractivity contribution in [1.29, 1.82) is 0 Å². The fraction of sp³-hybridized carbons (Fsp3) is 0.688. The van der Waals surface area contributed by atoms with Gasteiger partial charge in [-0.3, -0.25) is 4.98 Å². The third-order valence-electron chi connectivity index (χ3n) is 4.29. The second-order valence-corrected chi connectivity index (χ2v) is 5.88. The number of aromatic nitrogens is 1. The average molecular weight is 261 g/mol. The Morgan fingerprint density at radius 2 is 2.21 bits per heavy atom. The summed E-state index contributed by atoms with van der Waals surface area (Å²) >= 11 is 0. The third kappa shape index (κ3) is 4.29. The molecule has 1 saturated carbocycles. The summed E-state index contributed by atoms with van der Waals surface area (Å²) in [5.41, 5.74) is 2.29. The molecule has 3 heteroatoms. The minimum atomic E-state index is 0.741. The summed E-state index contributed by atoms with van der Waals surface area (Å²) in [5.74, 6) is 0.859. The van der Waals surface area contributed by atoms with E-state index in [4.69, 9.17) is 0 Å². The normalized spacial score (nSPS) is 23.2. The summed E-state index contributed by atoms with van der Waals surface area (Å²) in [6.07, 6.45) is 5.43. The van der Waals surface area contributed by atoms with Crippen LogP contribution in [0.4, 0.5) is 0 Å².